The van der Waals surface area contributed by atoms with Gasteiger partial charge in [-0.15, -0.1) is 0 Å². The van der Waals surface area contributed by atoms with Gasteiger partial charge in [-0.05, 0) is 25.7 Å². The van der Waals surface area contributed by atoms with Crippen molar-refractivity contribution in [1.82, 2.24) is 4.90 Å². The maximum absolute atomic E-state index is 12.0. The van der Waals surface area contributed by atoms with Gasteiger partial charge in [-0.1, -0.05) is 13.8 Å². The number of ether oxygens (including phenoxy) is 1. The standard InChI is InChI=1S/C12H26N2O2/c1-5-14(9-10(2)3)12(15)11(13)7-6-8-16-4/h10-11H,5-9,13H2,1-4H3. The molecule has 1 unspecified atom stereocenters. The second kappa shape index (κ2) is 8.53. The summed E-state index contributed by atoms with van der Waals surface area (Å²) in [5.74, 6) is 0.544. The maximum atomic E-state index is 12.0. The summed E-state index contributed by atoms with van der Waals surface area (Å²) < 4.78 is 4.94. The van der Waals surface area contributed by atoms with Crippen LogP contribution >= 0.6 is 0 Å². The number of carbonyl (C=O) groups excluding carboxylic acids is 1. The van der Waals surface area contributed by atoms with Gasteiger partial charge in [0.25, 0.3) is 0 Å². The molecule has 0 rings (SSSR count). The minimum absolute atomic E-state index is 0.0623. The smallest absolute Gasteiger partial charge is 0.239 e. The van der Waals surface area contributed by atoms with E-state index in [0.29, 0.717) is 18.9 Å². The summed E-state index contributed by atoms with van der Waals surface area (Å²) >= 11 is 0. The lowest BCUT2D eigenvalue weighted by Crippen LogP contribution is -2.45. The van der Waals surface area contributed by atoms with Crippen LogP contribution in [0.5, 0.6) is 0 Å². The van der Waals surface area contributed by atoms with Crippen LogP contribution in [0, 0.1) is 5.92 Å². The van der Waals surface area contributed by atoms with Crippen LogP contribution in [-0.2, 0) is 9.53 Å². The Morgan fingerprint density at radius 1 is 1.44 bits per heavy atom. The van der Waals surface area contributed by atoms with Crippen LogP contribution in [0.15, 0.2) is 0 Å². The Labute approximate surface area is 99.1 Å². The number of methoxy groups -OCH3 is 1. The lowest BCUT2D eigenvalue weighted by Gasteiger charge is -2.26. The van der Waals surface area contributed by atoms with E-state index in [9.17, 15) is 4.79 Å². The third kappa shape index (κ3) is 6.08. The summed E-state index contributed by atoms with van der Waals surface area (Å²) in [5, 5.41) is 0. The van der Waals surface area contributed by atoms with Gasteiger partial charge in [0.2, 0.25) is 5.91 Å². The van der Waals surface area contributed by atoms with Crippen molar-refractivity contribution >= 4 is 5.91 Å². The van der Waals surface area contributed by atoms with Crippen LogP contribution in [0.4, 0.5) is 0 Å². The lowest BCUT2D eigenvalue weighted by atomic mass is 10.1. The van der Waals surface area contributed by atoms with Crippen molar-refractivity contribution in [3.8, 4) is 0 Å². The van der Waals surface area contributed by atoms with Gasteiger partial charge in [0.15, 0.2) is 0 Å². The summed E-state index contributed by atoms with van der Waals surface area (Å²) in [4.78, 5) is 13.8. The van der Waals surface area contributed by atoms with Gasteiger partial charge < -0.3 is 15.4 Å². The first-order valence-electron chi connectivity index (χ1n) is 6.06. The number of hydrogen-bond acceptors (Lipinski definition) is 3. The molecule has 0 bridgehead atoms. The van der Waals surface area contributed by atoms with Crippen LogP contribution in [0.25, 0.3) is 0 Å². The highest BCUT2D eigenvalue weighted by molar-refractivity contribution is 5.81. The van der Waals surface area contributed by atoms with Crippen LogP contribution in [0.2, 0.25) is 0 Å². The molecule has 1 amide bonds. The molecule has 1 atom stereocenters. The first kappa shape index (κ1) is 15.4. The Morgan fingerprint density at radius 2 is 2.06 bits per heavy atom. The van der Waals surface area contributed by atoms with Crippen molar-refractivity contribution in [1.29, 1.82) is 0 Å². The molecule has 4 nitrogen and oxygen atoms in total. The molecule has 0 heterocycles. The number of carbonyl (C=O) groups is 1. The van der Waals surface area contributed by atoms with Crippen LogP contribution in [0.3, 0.4) is 0 Å². The van der Waals surface area contributed by atoms with Crippen molar-refractivity contribution in [3.05, 3.63) is 0 Å². The van der Waals surface area contributed by atoms with E-state index in [4.69, 9.17) is 10.5 Å². The Hall–Kier alpha value is -0.610. The predicted octanol–water partition coefficient (Wildman–Crippen LogP) is 1.24. The second-order valence-corrected chi connectivity index (χ2v) is 4.51. The van der Waals surface area contributed by atoms with Crippen molar-refractivity contribution in [3.63, 3.8) is 0 Å². The highest BCUT2D eigenvalue weighted by Gasteiger charge is 2.19. The molecule has 0 aliphatic heterocycles. The molecular formula is C12H26N2O2. The number of nitrogens with two attached hydrogens (primary N) is 1. The Morgan fingerprint density at radius 3 is 2.50 bits per heavy atom. The average Bonchev–Trinajstić information content (AvgIpc) is 2.24. The molecule has 0 fully saturated rings. The molecule has 0 spiro atoms. The lowest BCUT2D eigenvalue weighted by molar-refractivity contribution is -0.133. The zero-order chi connectivity index (χ0) is 12.6. The molecule has 0 radical (unpaired) electrons. The van der Waals surface area contributed by atoms with E-state index in [1.807, 2.05) is 11.8 Å². The van der Waals surface area contributed by atoms with Crippen molar-refractivity contribution < 1.29 is 9.53 Å². The third-order valence-electron chi connectivity index (χ3n) is 2.46. The van der Waals surface area contributed by atoms with Gasteiger partial charge in [-0.2, -0.15) is 0 Å². The van der Waals surface area contributed by atoms with Gasteiger partial charge in [-0.3, -0.25) is 4.79 Å². The molecule has 96 valence electrons. The van der Waals surface area contributed by atoms with Crippen molar-refractivity contribution in [2.24, 2.45) is 11.7 Å². The quantitative estimate of drug-likeness (QED) is 0.638. The molecule has 4 heteroatoms. The van der Waals surface area contributed by atoms with Crippen LogP contribution in [0.1, 0.15) is 33.6 Å². The fourth-order valence-corrected chi connectivity index (χ4v) is 1.62. The van der Waals surface area contributed by atoms with Gasteiger partial charge in [-0.25, -0.2) is 0 Å². The summed E-state index contributed by atoms with van der Waals surface area (Å²) in [6.07, 6.45) is 1.53. The van der Waals surface area contributed by atoms with Gasteiger partial charge in [0.05, 0.1) is 6.04 Å². The summed E-state index contributed by atoms with van der Waals surface area (Å²) in [5.41, 5.74) is 5.86. The first-order valence-corrected chi connectivity index (χ1v) is 6.06. The summed E-state index contributed by atoms with van der Waals surface area (Å²) in [6.45, 7) is 8.38. The summed E-state index contributed by atoms with van der Waals surface area (Å²) in [7, 11) is 1.66. The molecule has 0 aromatic rings. The van der Waals surface area contributed by atoms with Gasteiger partial charge >= 0.3 is 0 Å². The molecule has 0 saturated carbocycles. The first-order chi connectivity index (χ1) is 7.52. The van der Waals surface area contributed by atoms with E-state index >= 15 is 0 Å². The largest absolute Gasteiger partial charge is 0.385 e. The Balaban J connectivity index is 4.06. The third-order valence-corrected chi connectivity index (χ3v) is 2.46. The molecule has 0 aliphatic rings. The second-order valence-electron chi connectivity index (χ2n) is 4.51. The summed E-state index contributed by atoms with van der Waals surface area (Å²) in [6, 6.07) is -0.381. The van der Waals surface area contributed by atoms with Crippen LogP contribution < -0.4 is 5.73 Å². The molecular weight excluding hydrogens is 204 g/mol. The van der Waals surface area contributed by atoms with E-state index in [1.165, 1.54) is 0 Å². The molecule has 0 aliphatic carbocycles. The normalized spacial score (nSPS) is 12.9. The van der Waals surface area contributed by atoms with E-state index in [1.54, 1.807) is 7.11 Å². The minimum Gasteiger partial charge on any atom is -0.385 e. The monoisotopic (exact) mass is 230 g/mol. The Kier molecular flexibility index (Phi) is 8.21. The SMILES string of the molecule is CCN(CC(C)C)C(=O)C(N)CCCOC. The van der Waals surface area contributed by atoms with Crippen LogP contribution in [-0.4, -0.2) is 43.7 Å². The van der Waals surface area contributed by atoms with E-state index < -0.39 is 0 Å². The average molecular weight is 230 g/mol. The molecule has 0 aromatic carbocycles. The zero-order valence-electron chi connectivity index (χ0n) is 11.0. The molecule has 16 heavy (non-hydrogen) atoms. The number of hydrogen-bond donors (Lipinski definition) is 1. The molecule has 0 aromatic heterocycles. The molecule has 2 N–H and O–H groups in total. The maximum Gasteiger partial charge on any atom is 0.239 e. The fourth-order valence-electron chi connectivity index (χ4n) is 1.62. The molecule has 0 saturated heterocycles. The van der Waals surface area contributed by atoms with E-state index in [2.05, 4.69) is 13.8 Å². The number of amides is 1. The Bertz CT molecular complexity index is 195. The van der Waals surface area contributed by atoms with Crippen molar-refractivity contribution in [2.45, 2.75) is 39.7 Å². The minimum atomic E-state index is -0.381. The van der Waals surface area contributed by atoms with Gasteiger partial charge in [0, 0.05) is 26.8 Å². The van der Waals surface area contributed by atoms with E-state index in [0.717, 1.165) is 19.5 Å². The van der Waals surface area contributed by atoms with E-state index in [-0.39, 0.29) is 11.9 Å². The number of nitrogens with zero attached hydrogens (tertiary/aromatic N) is 1. The zero-order valence-corrected chi connectivity index (χ0v) is 11.0. The highest BCUT2D eigenvalue weighted by Crippen LogP contribution is 2.04. The highest BCUT2D eigenvalue weighted by atomic mass is 16.5. The number of rotatable bonds is 8. The predicted molar refractivity (Wildman–Crippen MR) is 66.2 cm³/mol. The van der Waals surface area contributed by atoms with Gasteiger partial charge in [0.1, 0.15) is 0 Å². The topological polar surface area (TPSA) is 55.6 Å². The number of likely N-dealkylation sites (N-methyl/N-ethyl adjacent to an activating group) is 1. The van der Waals surface area contributed by atoms with Crippen molar-refractivity contribution in [2.75, 3.05) is 26.8 Å². The fraction of sp³-hybridized carbons (Fsp3) is 0.917.